The fourth-order valence-corrected chi connectivity index (χ4v) is 2.00. The number of rotatable bonds is 5. The molecule has 1 aliphatic carbocycles. The second-order valence-corrected chi connectivity index (χ2v) is 6.15. The van der Waals surface area contributed by atoms with Crippen LogP contribution in [0.1, 0.15) is 39.5 Å². The maximum absolute atomic E-state index is 3.61. The van der Waals surface area contributed by atoms with Crippen molar-refractivity contribution in [3.63, 3.8) is 0 Å². The first-order chi connectivity index (χ1) is 5.14. The summed E-state index contributed by atoms with van der Waals surface area (Å²) in [6.07, 6.45) is 5.45. The summed E-state index contributed by atoms with van der Waals surface area (Å²) in [5, 5.41) is 3.61. The van der Waals surface area contributed by atoms with Crippen LogP contribution in [0.4, 0.5) is 0 Å². The molecule has 0 heterocycles. The molecule has 1 rings (SSSR count). The zero-order chi connectivity index (χ0) is 8.32. The van der Waals surface area contributed by atoms with Crippen molar-refractivity contribution < 1.29 is 0 Å². The molecule has 1 unspecified atom stereocenters. The fraction of sp³-hybridized carbons (Fsp3) is 1.00. The number of halogens is 1. The molecule has 1 saturated carbocycles. The molecule has 0 radical (unpaired) electrons. The lowest BCUT2D eigenvalue weighted by Crippen LogP contribution is -2.37. The van der Waals surface area contributed by atoms with Crippen LogP contribution in [0.3, 0.4) is 0 Å². The summed E-state index contributed by atoms with van der Waals surface area (Å²) in [6, 6.07) is 0. The summed E-state index contributed by atoms with van der Waals surface area (Å²) in [5.41, 5.74) is 0. The summed E-state index contributed by atoms with van der Waals surface area (Å²) in [7, 11) is 0. The zero-order valence-corrected chi connectivity index (χ0v) is 9.65. The van der Waals surface area contributed by atoms with E-state index in [1.807, 2.05) is 0 Å². The minimum Gasteiger partial charge on any atom is -0.303 e. The molecule has 0 aromatic carbocycles. The van der Waals surface area contributed by atoms with E-state index >= 15 is 0 Å². The first-order valence-corrected chi connectivity index (χ1v) is 5.66. The molecule has 66 valence electrons. The Morgan fingerprint density at radius 1 is 1.55 bits per heavy atom. The van der Waals surface area contributed by atoms with Crippen molar-refractivity contribution in [3.05, 3.63) is 0 Å². The first-order valence-electron chi connectivity index (χ1n) is 4.58. The number of nitrogens with one attached hydrogen (secondary N) is 1. The van der Waals surface area contributed by atoms with Crippen molar-refractivity contribution in [3.8, 4) is 0 Å². The van der Waals surface area contributed by atoms with Crippen LogP contribution in [0.2, 0.25) is 0 Å². The highest BCUT2D eigenvalue weighted by molar-refractivity contribution is 14.1. The van der Waals surface area contributed by atoms with Gasteiger partial charge in [0, 0.05) is 0 Å². The van der Waals surface area contributed by atoms with Gasteiger partial charge in [0.05, 0.1) is 3.55 Å². The van der Waals surface area contributed by atoms with Gasteiger partial charge in [0.1, 0.15) is 0 Å². The maximum atomic E-state index is 3.61. The van der Waals surface area contributed by atoms with E-state index in [2.05, 4.69) is 41.8 Å². The second-order valence-electron chi connectivity index (χ2n) is 3.77. The molecule has 0 aromatic heterocycles. The zero-order valence-electron chi connectivity index (χ0n) is 7.49. The molecule has 2 heteroatoms. The van der Waals surface area contributed by atoms with Crippen LogP contribution < -0.4 is 5.32 Å². The van der Waals surface area contributed by atoms with E-state index in [1.54, 1.807) is 0 Å². The molecular formula is C9H18IN. The van der Waals surface area contributed by atoms with Crippen molar-refractivity contribution in [2.45, 2.75) is 43.1 Å². The first kappa shape index (κ1) is 9.78. The molecule has 1 nitrogen and oxygen atoms in total. The standard InChI is InChI=1S/C9H18IN/c1-3-6-9(2,10)11-7-8-4-5-8/h8,11H,3-7H2,1-2H3. The Balaban J connectivity index is 2.09. The van der Waals surface area contributed by atoms with E-state index in [9.17, 15) is 0 Å². The molecule has 0 saturated heterocycles. The third-order valence-corrected chi connectivity index (χ3v) is 3.10. The van der Waals surface area contributed by atoms with E-state index in [1.165, 1.54) is 32.2 Å². The minimum atomic E-state index is 0.342. The quantitative estimate of drug-likeness (QED) is 0.459. The Kier molecular flexibility index (Phi) is 3.62. The largest absolute Gasteiger partial charge is 0.303 e. The van der Waals surface area contributed by atoms with Crippen LogP contribution in [0.5, 0.6) is 0 Å². The molecule has 1 N–H and O–H groups in total. The van der Waals surface area contributed by atoms with Crippen molar-refractivity contribution in [1.29, 1.82) is 0 Å². The van der Waals surface area contributed by atoms with Gasteiger partial charge in [-0.25, -0.2) is 0 Å². The smallest absolute Gasteiger partial charge is 0.0676 e. The summed E-state index contributed by atoms with van der Waals surface area (Å²) < 4.78 is 0.342. The van der Waals surface area contributed by atoms with Crippen molar-refractivity contribution >= 4 is 22.6 Å². The molecule has 0 aromatic rings. The SMILES string of the molecule is CCCC(C)(I)NCC1CC1. The van der Waals surface area contributed by atoms with Gasteiger partial charge in [-0.3, -0.25) is 0 Å². The van der Waals surface area contributed by atoms with E-state index in [4.69, 9.17) is 0 Å². The summed E-state index contributed by atoms with van der Waals surface area (Å²) >= 11 is 2.53. The Hall–Kier alpha value is 0.690. The highest BCUT2D eigenvalue weighted by Crippen LogP contribution is 2.30. The topological polar surface area (TPSA) is 12.0 Å². The van der Waals surface area contributed by atoms with Gasteiger partial charge >= 0.3 is 0 Å². The lowest BCUT2D eigenvalue weighted by Gasteiger charge is -2.23. The van der Waals surface area contributed by atoms with E-state index in [0.29, 0.717) is 3.55 Å². The fourth-order valence-electron chi connectivity index (χ4n) is 1.24. The highest BCUT2D eigenvalue weighted by Gasteiger charge is 2.25. The number of hydrogen-bond acceptors (Lipinski definition) is 1. The molecular weight excluding hydrogens is 249 g/mol. The Labute approximate surface area is 83.5 Å². The van der Waals surface area contributed by atoms with Crippen LogP contribution in [-0.2, 0) is 0 Å². The van der Waals surface area contributed by atoms with Gasteiger partial charge in [-0.2, -0.15) is 0 Å². The summed E-state index contributed by atoms with van der Waals surface area (Å²) in [5.74, 6) is 1.00. The molecule has 1 fully saturated rings. The summed E-state index contributed by atoms with van der Waals surface area (Å²) in [4.78, 5) is 0. The monoisotopic (exact) mass is 267 g/mol. The minimum absolute atomic E-state index is 0.342. The number of hydrogen-bond donors (Lipinski definition) is 1. The van der Waals surface area contributed by atoms with Crippen molar-refractivity contribution in [2.75, 3.05) is 6.54 Å². The Morgan fingerprint density at radius 2 is 2.18 bits per heavy atom. The lowest BCUT2D eigenvalue weighted by atomic mass is 10.2. The predicted molar refractivity (Wildman–Crippen MR) is 58.1 cm³/mol. The molecule has 0 amide bonds. The van der Waals surface area contributed by atoms with Crippen LogP contribution >= 0.6 is 22.6 Å². The third-order valence-electron chi connectivity index (χ3n) is 2.18. The maximum Gasteiger partial charge on any atom is 0.0676 e. The van der Waals surface area contributed by atoms with E-state index in [-0.39, 0.29) is 0 Å². The van der Waals surface area contributed by atoms with Crippen LogP contribution in [0.25, 0.3) is 0 Å². The van der Waals surface area contributed by atoms with Gasteiger partial charge in [0.25, 0.3) is 0 Å². The predicted octanol–water partition coefficient (Wildman–Crippen LogP) is 2.94. The Bertz CT molecular complexity index is 119. The lowest BCUT2D eigenvalue weighted by molar-refractivity contribution is 0.475. The van der Waals surface area contributed by atoms with Gasteiger partial charge in [-0.15, -0.1) is 0 Å². The molecule has 0 spiro atoms. The molecule has 0 bridgehead atoms. The van der Waals surface area contributed by atoms with Crippen molar-refractivity contribution in [2.24, 2.45) is 5.92 Å². The molecule has 1 atom stereocenters. The van der Waals surface area contributed by atoms with Crippen LogP contribution in [0, 0.1) is 5.92 Å². The third kappa shape index (κ3) is 4.31. The van der Waals surface area contributed by atoms with Crippen LogP contribution in [0.15, 0.2) is 0 Å². The molecule has 1 aliphatic rings. The summed E-state index contributed by atoms with van der Waals surface area (Å²) in [6.45, 7) is 5.77. The highest BCUT2D eigenvalue weighted by atomic mass is 127. The molecule has 0 aliphatic heterocycles. The van der Waals surface area contributed by atoms with Gasteiger partial charge in [-0.05, 0) is 38.6 Å². The second kappa shape index (κ2) is 4.08. The van der Waals surface area contributed by atoms with E-state index in [0.717, 1.165) is 5.92 Å². The average Bonchev–Trinajstić information content (AvgIpc) is 2.65. The van der Waals surface area contributed by atoms with Crippen molar-refractivity contribution in [1.82, 2.24) is 5.32 Å². The number of alkyl halides is 1. The average molecular weight is 267 g/mol. The van der Waals surface area contributed by atoms with Crippen LogP contribution in [-0.4, -0.2) is 10.1 Å². The van der Waals surface area contributed by atoms with Gasteiger partial charge < -0.3 is 5.32 Å². The van der Waals surface area contributed by atoms with E-state index < -0.39 is 0 Å². The molecule has 11 heavy (non-hydrogen) atoms. The van der Waals surface area contributed by atoms with Gasteiger partial charge in [0.15, 0.2) is 0 Å². The van der Waals surface area contributed by atoms with Gasteiger partial charge in [0.2, 0.25) is 0 Å². The Morgan fingerprint density at radius 3 is 2.64 bits per heavy atom. The normalized spacial score (nSPS) is 23.2. The van der Waals surface area contributed by atoms with Gasteiger partial charge in [-0.1, -0.05) is 35.9 Å².